The Bertz CT molecular complexity index is 728. The number of anilines is 3. The predicted molar refractivity (Wildman–Crippen MR) is 96.5 cm³/mol. The summed E-state index contributed by atoms with van der Waals surface area (Å²) in [4.78, 5) is 17.2. The van der Waals surface area contributed by atoms with Crippen molar-refractivity contribution in [3.63, 3.8) is 0 Å². The standard InChI is InChI=1S/C16H21N7O2/c1-22(2)15-18-14(19-16(20-15)23-7-9-25-10-8-23)21-17-11-12-3-5-13(24)6-4-12/h3-6,11,24H,7-10H2,1-2H3,(H,18,19,20,21)/b17-11-. The monoisotopic (exact) mass is 343 g/mol. The molecule has 0 spiro atoms. The van der Waals surface area contributed by atoms with E-state index in [2.05, 4.69) is 30.4 Å². The van der Waals surface area contributed by atoms with Crippen molar-refractivity contribution in [3.05, 3.63) is 29.8 Å². The maximum Gasteiger partial charge on any atom is 0.250 e. The molecular formula is C16H21N7O2. The number of phenolic OH excluding ortho intramolecular Hbond substituents is 1. The zero-order valence-corrected chi connectivity index (χ0v) is 14.3. The molecule has 2 heterocycles. The Morgan fingerprint density at radius 1 is 1.16 bits per heavy atom. The highest BCUT2D eigenvalue weighted by molar-refractivity contribution is 5.80. The van der Waals surface area contributed by atoms with E-state index in [-0.39, 0.29) is 5.75 Å². The number of hydrogen-bond acceptors (Lipinski definition) is 9. The number of ether oxygens (including phenoxy) is 1. The number of nitrogens with zero attached hydrogens (tertiary/aromatic N) is 6. The van der Waals surface area contributed by atoms with Crippen LogP contribution < -0.4 is 15.2 Å². The molecule has 0 radical (unpaired) electrons. The number of hydrogen-bond donors (Lipinski definition) is 2. The lowest BCUT2D eigenvalue weighted by atomic mass is 10.2. The van der Waals surface area contributed by atoms with Crippen LogP contribution in [0, 0.1) is 0 Å². The molecule has 3 rings (SSSR count). The maximum absolute atomic E-state index is 9.29. The van der Waals surface area contributed by atoms with Gasteiger partial charge in [0.25, 0.3) is 0 Å². The van der Waals surface area contributed by atoms with Crippen LogP contribution in [0.1, 0.15) is 5.56 Å². The van der Waals surface area contributed by atoms with Crippen LogP contribution in [0.4, 0.5) is 17.8 Å². The fourth-order valence-corrected chi connectivity index (χ4v) is 2.23. The van der Waals surface area contributed by atoms with E-state index < -0.39 is 0 Å². The third-order valence-electron chi connectivity index (χ3n) is 3.58. The molecule has 0 atom stereocenters. The van der Waals surface area contributed by atoms with Gasteiger partial charge in [0.15, 0.2) is 0 Å². The van der Waals surface area contributed by atoms with Crippen LogP contribution in [-0.4, -0.2) is 66.7 Å². The summed E-state index contributed by atoms with van der Waals surface area (Å²) in [5.74, 6) is 1.74. The molecule has 1 aliphatic rings. The highest BCUT2D eigenvalue weighted by Gasteiger charge is 2.17. The first-order valence-electron chi connectivity index (χ1n) is 7.96. The Balaban J connectivity index is 1.77. The molecule has 2 N–H and O–H groups in total. The summed E-state index contributed by atoms with van der Waals surface area (Å²) in [6.45, 7) is 2.80. The number of phenols is 1. The SMILES string of the molecule is CN(C)c1nc(N/N=C\c2ccc(O)cc2)nc(N2CCOCC2)n1. The first kappa shape index (κ1) is 16.9. The molecule has 0 saturated carbocycles. The minimum Gasteiger partial charge on any atom is -0.508 e. The van der Waals surface area contributed by atoms with E-state index in [0.29, 0.717) is 31.1 Å². The Morgan fingerprint density at radius 2 is 1.88 bits per heavy atom. The Hall–Kier alpha value is -2.94. The van der Waals surface area contributed by atoms with E-state index in [1.807, 2.05) is 19.0 Å². The normalized spacial score (nSPS) is 14.7. The van der Waals surface area contributed by atoms with Gasteiger partial charge in [-0.3, -0.25) is 0 Å². The zero-order chi connectivity index (χ0) is 17.6. The summed E-state index contributed by atoms with van der Waals surface area (Å²) >= 11 is 0. The third kappa shape index (κ3) is 4.54. The van der Waals surface area contributed by atoms with Crippen LogP contribution in [0.25, 0.3) is 0 Å². The Labute approximate surface area is 146 Å². The predicted octanol–water partition coefficient (Wildman–Crippen LogP) is 0.926. The van der Waals surface area contributed by atoms with Crippen LogP contribution in [0.3, 0.4) is 0 Å². The summed E-state index contributed by atoms with van der Waals surface area (Å²) in [5.41, 5.74) is 3.69. The van der Waals surface area contributed by atoms with Crippen molar-refractivity contribution in [2.45, 2.75) is 0 Å². The van der Waals surface area contributed by atoms with Crippen LogP contribution in [0.2, 0.25) is 0 Å². The smallest absolute Gasteiger partial charge is 0.250 e. The van der Waals surface area contributed by atoms with Gasteiger partial charge in [-0.15, -0.1) is 0 Å². The number of benzene rings is 1. The average molecular weight is 343 g/mol. The number of aromatic hydroxyl groups is 1. The molecule has 1 aromatic heterocycles. The van der Waals surface area contributed by atoms with Crippen molar-refractivity contribution >= 4 is 24.1 Å². The quantitative estimate of drug-likeness (QED) is 0.611. The zero-order valence-electron chi connectivity index (χ0n) is 14.3. The van der Waals surface area contributed by atoms with Crippen LogP contribution in [0.5, 0.6) is 5.75 Å². The highest BCUT2D eigenvalue weighted by atomic mass is 16.5. The molecule has 1 saturated heterocycles. The molecule has 0 amide bonds. The molecule has 2 aromatic rings. The molecule has 0 aliphatic carbocycles. The van der Waals surface area contributed by atoms with Gasteiger partial charge >= 0.3 is 0 Å². The number of hydrazone groups is 1. The van der Waals surface area contributed by atoms with E-state index in [1.165, 1.54) is 0 Å². The van der Waals surface area contributed by atoms with E-state index >= 15 is 0 Å². The molecule has 9 heteroatoms. The molecule has 0 bridgehead atoms. The summed E-state index contributed by atoms with van der Waals surface area (Å²) < 4.78 is 5.37. The fraction of sp³-hybridized carbons (Fsp3) is 0.375. The van der Waals surface area contributed by atoms with Gasteiger partial charge in [-0.05, 0) is 29.8 Å². The maximum atomic E-state index is 9.29. The van der Waals surface area contributed by atoms with Gasteiger partial charge in [-0.2, -0.15) is 20.1 Å². The number of rotatable bonds is 5. The van der Waals surface area contributed by atoms with Gasteiger partial charge < -0.3 is 19.6 Å². The molecule has 9 nitrogen and oxygen atoms in total. The second-order valence-corrected chi connectivity index (χ2v) is 5.71. The number of nitrogens with one attached hydrogen (secondary N) is 1. The summed E-state index contributed by atoms with van der Waals surface area (Å²) in [6.07, 6.45) is 1.63. The van der Waals surface area contributed by atoms with E-state index in [4.69, 9.17) is 4.74 Å². The first-order valence-corrected chi connectivity index (χ1v) is 7.96. The van der Waals surface area contributed by atoms with Crippen molar-refractivity contribution in [2.24, 2.45) is 5.10 Å². The summed E-state index contributed by atoms with van der Waals surface area (Å²) in [6, 6.07) is 6.73. The third-order valence-corrected chi connectivity index (χ3v) is 3.58. The van der Waals surface area contributed by atoms with Crippen molar-refractivity contribution in [3.8, 4) is 5.75 Å². The molecule has 1 fully saturated rings. The lowest BCUT2D eigenvalue weighted by molar-refractivity contribution is 0.122. The molecule has 132 valence electrons. The van der Waals surface area contributed by atoms with Crippen molar-refractivity contribution in [1.29, 1.82) is 0 Å². The summed E-state index contributed by atoms with van der Waals surface area (Å²) in [5, 5.41) is 13.4. The average Bonchev–Trinajstić information content (AvgIpc) is 2.64. The summed E-state index contributed by atoms with van der Waals surface area (Å²) in [7, 11) is 3.75. The Kier molecular flexibility index (Phi) is 5.24. The van der Waals surface area contributed by atoms with Crippen molar-refractivity contribution < 1.29 is 9.84 Å². The fourth-order valence-electron chi connectivity index (χ4n) is 2.23. The highest BCUT2D eigenvalue weighted by Crippen LogP contribution is 2.16. The molecular weight excluding hydrogens is 322 g/mol. The minimum absolute atomic E-state index is 0.216. The largest absolute Gasteiger partial charge is 0.508 e. The van der Waals surface area contributed by atoms with Crippen LogP contribution in [0.15, 0.2) is 29.4 Å². The van der Waals surface area contributed by atoms with Gasteiger partial charge in [-0.25, -0.2) is 5.43 Å². The van der Waals surface area contributed by atoms with Crippen LogP contribution in [-0.2, 0) is 4.74 Å². The van der Waals surface area contributed by atoms with E-state index in [1.54, 1.807) is 30.5 Å². The lowest BCUT2D eigenvalue weighted by Gasteiger charge is -2.27. The Morgan fingerprint density at radius 3 is 2.56 bits per heavy atom. The topological polar surface area (TPSA) is 99.0 Å². The van der Waals surface area contributed by atoms with Gasteiger partial charge in [0, 0.05) is 27.2 Å². The van der Waals surface area contributed by atoms with Crippen LogP contribution >= 0.6 is 0 Å². The van der Waals surface area contributed by atoms with E-state index in [0.717, 1.165) is 18.7 Å². The van der Waals surface area contributed by atoms with Gasteiger partial charge in [0.2, 0.25) is 17.8 Å². The second-order valence-electron chi connectivity index (χ2n) is 5.71. The minimum atomic E-state index is 0.216. The second kappa shape index (κ2) is 7.75. The molecule has 1 aliphatic heterocycles. The van der Waals surface area contributed by atoms with Crippen molar-refractivity contribution in [1.82, 2.24) is 15.0 Å². The molecule has 0 unspecified atom stereocenters. The molecule has 1 aromatic carbocycles. The number of aromatic nitrogens is 3. The van der Waals surface area contributed by atoms with Gasteiger partial charge in [0.1, 0.15) is 5.75 Å². The van der Waals surface area contributed by atoms with Gasteiger partial charge in [0.05, 0.1) is 19.4 Å². The first-order chi connectivity index (χ1) is 12.1. The number of morpholine rings is 1. The lowest BCUT2D eigenvalue weighted by Crippen LogP contribution is -2.37. The van der Waals surface area contributed by atoms with Crippen molar-refractivity contribution in [2.75, 3.05) is 55.6 Å². The van der Waals surface area contributed by atoms with E-state index in [9.17, 15) is 5.11 Å². The van der Waals surface area contributed by atoms with Gasteiger partial charge in [-0.1, -0.05) is 0 Å². The molecule has 25 heavy (non-hydrogen) atoms.